The summed E-state index contributed by atoms with van der Waals surface area (Å²) in [5, 5.41) is 13.7. The number of hydrogen-bond donors (Lipinski definition) is 0. The van der Waals surface area contributed by atoms with E-state index in [0.29, 0.717) is 18.1 Å². The third-order valence-electron chi connectivity index (χ3n) is 2.44. The minimum atomic E-state index is -0.241. The highest BCUT2D eigenvalue weighted by Crippen LogP contribution is 2.09. The van der Waals surface area contributed by atoms with Crippen LogP contribution in [0, 0.1) is 6.92 Å². The summed E-state index contributed by atoms with van der Waals surface area (Å²) in [5.41, 5.74) is 0.00178. The molecule has 0 aliphatic carbocycles. The highest BCUT2D eigenvalue weighted by molar-refractivity contribution is 7.14. The van der Waals surface area contributed by atoms with Gasteiger partial charge in [-0.3, -0.25) is 0 Å². The molecule has 0 aliphatic heterocycles. The number of nitrogens with zero attached hydrogens (tertiary/aromatic N) is 2. The molecule has 0 saturated heterocycles. The van der Waals surface area contributed by atoms with Gasteiger partial charge in [-0.05, 0) is 6.92 Å². The van der Waals surface area contributed by atoms with E-state index in [4.69, 9.17) is 4.74 Å². The zero-order chi connectivity index (χ0) is 11.7. The van der Waals surface area contributed by atoms with Crippen molar-refractivity contribution in [2.45, 2.75) is 13.5 Å². The maximum absolute atomic E-state index is 11.9. The van der Waals surface area contributed by atoms with Crippen LogP contribution in [0.3, 0.4) is 0 Å². The molecular formula is C10H12N2O3S. The van der Waals surface area contributed by atoms with E-state index in [1.54, 1.807) is 30.2 Å². The van der Waals surface area contributed by atoms with E-state index in [0.717, 1.165) is 0 Å². The Morgan fingerprint density at radius 2 is 2.38 bits per heavy atom. The van der Waals surface area contributed by atoms with Gasteiger partial charge in [-0.2, -0.15) is 4.40 Å². The fourth-order valence-electron chi connectivity index (χ4n) is 1.56. The molecule has 0 fully saturated rings. The molecule has 86 valence electrons. The van der Waals surface area contributed by atoms with Gasteiger partial charge in [0, 0.05) is 12.5 Å². The first-order valence-electron chi connectivity index (χ1n) is 4.85. The minimum absolute atomic E-state index is 0.232. The molecule has 6 heteroatoms. The lowest BCUT2D eigenvalue weighted by Crippen LogP contribution is -2.44. The summed E-state index contributed by atoms with van der Waals surface area (Å²) in [6.45, 7) is 2.46. The molecule has 0 spiro atoms. The summed E-state index contributed by atoms with van der Waals surface area (Å²) >= 11 is 1.37. The van der Waals surface area contributed by atoms with Crippen LogP contribution in [-0.4, -0.2) is 18.1 Å². The average molecular weight is 240 g/mol. The van der Waals surface area contributed by atoms with Crippen molar-refractivity contribution < 1.29 is 14.4 Å². The monoisotopic (exact) mass is 240 g/mol. The molecule has 0 radical (unpaired) electrons. The smallest absolute Gasteiger partial charge is 0.348 e. The van der Waals surface area contributed by atoms with E-state index in [-0.39, 0.29) is 17.0 Å². The zero-order valence-electron chi connectivity index (χ0n) is 9.10. The lowest BCUT2D eigenvalue weighted by atomic mass is 10.3. The molecule has 2 rings (SSSR count). The number of thiazole rings is 1. The van der Waals surface area contributed by atoms with Gasteiger partial charge in [0.2, 0.25) is 0 Å². The predicted octanol–water partition coefficient (Wildman–Crippen LogP) is -0.323. The summed E-state index contributed by atoms with van der Waals surface area (Å²) in [4.78, 5) is 12.4. The molecule has 0 amide bonds. The normalized spacial score (nSPS) is 11.1. The van der Waals surface area contributed by atoms with E-state index < -0.39 is 0 Å². The van der Waals surface area contributed by atoms with Crippen molar-refractivity contribution in [3.05, 3.63) is 27.5 Å². The van der Waals surface area contributed by atoms with Crippen LogP contribution < -0.4 is 15.2 Å². The number of methoxy groups -OCH3 is 1. The van der Waals surface area contributed by atoms with Gasteiger partial charge in [-0.1, -0.05) is 11.3 Å². The van der Waals surface area contributed by atoms with Crippen LogP contribution in [0.2, 0.25) is 0 Å². The molecule has 0 unspecified atom stereocenters. The first kappa shape index (κ1) is 11.1. The zero-order valence-corrected chi connectivity index (χ0v) is 9.91. The molecule has 2 heterocycles. The summed E-state index contributed by atoms with van der Waals surface area (Å²) in [5.74, 6) is -0.232. The lowest BCUT2D eigenvalue weighted by Gasteiger charge is -2.12. The van der Waals surface area contributed by atoms with Gasteiger partial charge in [0.1, 0.15) is 12.7 Å². The third-order valence-corrected chi connectivity index (χ3v) is 3.33. The molecule has 0 aromatic carbocycles. The second kappa shape index (κ2) is 4.23. The first-order valence-corrected chi connectivity index (χ1v) is 5.73. The maximum Gasteiger partial charge on any atom is 0.348 e. The maximum atomic E-state index is 11.9. The van der Waals surface area contributed by atoms with Gasteiger partial charge in [0.05, 0.1) is 18.1 Å². The average Bonchev–Trinajstić information content (AvgIpc) is 2.75. The molecular weight excluding hydrogens is 228 g/mol. The van der Waals surface area contributed by atoms with Crippen LogP contribution in [0.5, 0.6) is 5.88 Å². The summed E-state index contributed by atoms with van der Waals surface area (Å²) in [6.07, 6.45) is 1.68. The standard InChI is InChI=1S/C10H12N2O3S/c1-7-8(13)11(3-5-15-2)10-12(9(7)14)4-6-16-10/h4,6H,3,5H2,1-2H3. The van der Waals surface area contributed by atoms with Crippen LogP contribution in [0.25, 0.3) is 4.96 Å². The van der Waals surface area contributed by atoms with Crippen molar-refractivity contribution in [2.24, 2.45) is 0 Å². The highest BCUT2D eigenvalue weighted by atomic mass is 32.1. The van der Waals surface area contributed by atoms with Crippen LogP contribution in [0.15, 0.2) is 16.4 Å². The van der Waals surface area contributed by atoms with Crippen LogP contribution in [0.4, 0.5) is 0 Å². The van der Waals surface area contributed by atoms with Crippen molar-refractivity contribution in [1.29, 1.82) is 0 Å². The van der Waals surface area contributed by atoms with Crippen molar-refractivity contribution in [3.63, 3.8) is 0 Å². The van der Waals surface area contributed by atoms with Gasteiger partial charge < -0.3 is 9.84 Å². The Kier molecular flexibility index (Phi) is 2.93. The second-order valence-electron chi connectivity index (χ2n) is 3.44. The molecule has 0 aliphatic rings. The van der Waals surface area contributed by atoms with Crippen LogP contribution >= 0.6 is 11.3 Å². The Morgan fingerprint density at radius 1 is 1.62 bits per heavy atom. The van der Waals surface area contributed by atoms with E-state index in [9.17, 15) is 9.90 Å². The van der Waals surface area contributed by atoms with Crippen LogP contribution in [-0.2, 0) is 11.3 Å². The van der Waals surface area contributed by atoms with E-state index in [1.807, 2.05) is 0 Å². The summed E-state index contributed by atoms with van der Waals surface area (Å²) in [7, 11) is 1.58. The Hall–Kier alpha value is -1.40. The first-order chi connectivity index (χ1) is 7.66. The Labute approximate surface area is 96.2 Å². The van der Waals surface area contributed by atoms with E-state index in [2.05, 4.69) is 0 Å². The fourth-order valence-corrected chi connectivity index (χ4v) is 2.43. The minimum Gasteiger partial charge on any atom is -0.842 e. The van der Waals surface area contributed by atoms with Gasteiger partial charge >= 0.3 is 10.5 Å². The van der Waals surface area contributed by atoms with Gasteiger partial charge in [-0.25, -0.2) is 9.36 Å². The number of aromatic nitrogens is 2. The van der Waals surface area contributed by atoms with Crippen molar-refractivity contribution in [2.75, 3.05) is 13.7 Å². The Morgan fingerprint density at radius 3 is 3.06 bits per heavy atom. The van der Waals surface area contributed by atoms with Crippen LogP contribution in [0.1, 0.15) is 5.56 Å². The number of fused-ring (bicyclic) bond motifs is 1. The second-order valence-corrected chi connectivity index (χ2v) is 4.31. The topological polar surface area (TPSA) is 57.7 Å². The molecule has 0 atom stereocenters. The quantitative estimate of drug-likeness (QED) is 0.691. The SMILES string of the molecule is COCC[n+]1c([O-])c(C)c(=O)n2ccsc21. The molecule has 5 nitrogen and oxygen atoms in total. The van der Waals surface area contributed by atoms with E-state index >= 15 is 0 Å². The number of hydrogen-bond acceptors (Lipinski definition) is 4. The molecule has 0 saturated carbocycles. The lowest BCUT2D eigenvalue weighted by molar-refractivity contribution is -0.716. The van der Waals surface area contributed by atoms with Gasteiger partial charge in [-0.15, -0.1) is 0 Å². The Balaban J connectivity index is 2.70. The predicted molar refractivity (Wildman–Crippen MR) is 57.8 cm³/mol. The molecule has 16 heavy (non-hydrogen) atoms. The van der Waals surface area contributed by atoms with Gasteiger partial charge in [0.25, 0.3) is 0 Å². The van der Waals surface area contributed by atoms with Gasteiger partial charge in [0.15, 0.2) is 0 Å². The summed E-state index contributed by atoms with van der Waals surface area (Å²) < 4.78 is 8.03. The molecule has 2 aromatic heterocycles. The number of ether oxygens (including phenoxy) is 1. The van der Waals surface area contributed by atoms with E-state index in [1.165, 1.54) is 15.7 Å². The van der Waals surface area contributed by atoms with Crippen molar-refractivity contribution in [1.82, 2.24) is 4.40 Å². The van der Waals surface area contributed by atoms with Crippen molar-refractivity contribution >= 4 is 16.3 Å². The third kappa shape index (κ3) is 1.60. The molecule has 0 bridgehead atoms. The fraction of sp³-hybridized carbons (Fsp3) is 0.400. The molecule has 2 aromatic rings. The Bertz CT molecular complexity index is 573. The number of rotatable bonds is 3. The highest BCUT2D eigenvalue weighted by Gasteiger charge is 2.16. The molecule has 0 N–H and O–H groups in total. The largest absolute Gasteiger partial charge is 0.842 e. The van der Waals surface area contributed by atoms with Crippen molar-refractivity contribution in [3.8, 4) is 5.88 Å². The summed E-state index contributed by atoms with van der Waals surface area (Å²) in [6, 6.07) is 0.